The van der Waals surface area contributed by atoms with Crippen molar-refractivity contribution in [3.05, 3.63) is 24.2 Å². The van der Waals surface area contributed by atoms with E-state index >= 15 is 0 Å². The number of carbonyl (C=O) groups is 1. The molecule has 1 atom stereocenters. The second-order valence-corrected chi connectivity index (χ2v) is 4.36. The van der Waals surface area contributed by atoms with Gasteiger partial charge in [0.05, 0.1) is 12.8 Å². The van der Waals surface area contributed by atoms with Crippen molar-refractivity contribution in [2.24, 2.45) is 5.92 Å². The molecule has 0 saturated heterocycles. The Hall–Kier alpha value is -1.33. The van der Waals surface area contributed by atoms with Gasteiger partial charge < -0.3 is 20.2 Å². The average molecular weight is 240 g/mol. The van der Waals surface area contributed by atoms with E-state index in [0.29, 0.717) is 24.8 Å². The fourth-order valence-corrected chi connectivity index (χ4v) is 1.28. The highest BCUT2D eigenvalue weighted by Crippen LogP contribution is 2.11. The van der Waals surface area contributed by atoms with Gasteiger partial charge in [-0.2, -0.15) is 0 Å². The molecule has 1 aromatic rings. The molecule has 1 amide bonds. The summed E-state index contributed by atoms with van der Waals surface area (Å²) < 4.78 is 5.04. The van der Waals surface area contributed by atoms with Gasteiger partial charge in [0.1, 0.15) is 11.9 Å². The predicted octanol–water partition coefficient (Wildman–Crippen LogP) is 0.675. The molecule has 0 radical (unpaired) electrons. The maximum Gasteiger partial charge on any atom is 0.233 e. The minimum Gasteiger partial charge on any atom is -0.467 e. The van der Waals surface area contributed by atoms with Gasteiger partial charge in [-0.05, 0) is 18.1 Å². The van der Waals surface area contributed by atoms with E-state index in [-0.39, 0.29) is 12.5 Å². The fraction of sp³-hybridized carbons (Fsp3) is 0.583. The van der Waals surface area contributed by atoms with Crippen LogP contribution in [-0.4, -0.2) is 30.6 Å². The third-order valence-corrected chi connectivity index (χ3v) is 2.20. The van der Waals surface area contributed by atoms with Crippen LogP contribution in [0.1, 0.15) is 25.7 Å². The zero-order valence-electron chi connectivity index (χ0n) is 10.3. The van der Waals surface area contributed by atoms with Crippen LogP contribution >= 0.6 is 0 Å². The Balaban J connectivity index is 2.13. The first-order chi connectivity index (χ1) is 8.09. The lowest BCUT2D eigenvalue weighted by molar-refractivity contribution is -0.120. The summed E-state index contributed by atoms with van der Waals surface area (Å²) in [6.07, 6.45) is 0.788. The molecule has 96 valence electrons. The van der Waals surface area contributed by atoms with Crippen molar-refractivity contribution in [3.63, 3.8) is 0 Å². The van der Waals surface area contributed by atoms with Gasteiger partial charge in [0.2, 0.25) is 5.91 Å². The number of hydrogen-bond donors (Lipinski definition) is 3. The molecule has 1 unspecified atom stereocenters. The Kier molecular flexibility index (Phi) is 5.72. The molecule has 0 fully saturated rings. The number of nitrogens with one attached hydrogen (secondary N) is 2. The summed E-state index contributed by atoms with van der Waals surface area (Å²) in [5.74, 6) is 0.873. The van der Waals surface area contributed by atoms with Crippen molar-refractivity contribution in [2.75, 3.05) is 19.6 Å². The first-order valence-corrected chi connectivity index (χ1v) is 5.78. The highest BCUT2D eigenvalue weighted by molar-refractivity contribution is 5.77. The Morgan fingerprint density at radius 1 is 1.47 bits per heavy atom. The molecule has 0 aliphatic carbocycles. The van der Waals surface area contributed by atoms with Crippen LogP contribution in [0, 0.1) is 5.92 Å². The summed E-state index contributed by atoms with van der Waals surface area (Å²) in [5, 5.41) is 15.3. The first-order valence-electron chi connectivity index (χ1n) is 5.78. The van der Waals surface area contributed by atoms with Crippen LogP contribution in [0.15, 0.2) is 22.8 Å². The fourth-order valence-electron chi connectivity index (χ4n) is 1.28. The van der Waals surface area contributed by atoms with E-state index in [2.05, 4.69) is 10.6 Å². The van der Waals surface area contributed by atoms with Crippen LogP contribution in [0.4, 0.5) is 0 Å². The molecular formula is C12H20N2O3. The summed E-state index contributed by atoms with van der Waals surface area (Å²) in [6.45, 7) is 5.23. The minimum absolute atomic E-state index is 0.0645. The van der Waals surface area contributed by atoms with Gasteiger partial charge in [0.25, 0.3) is 0 Å². The number of aliphatic hydroxyl groups is 1. The normalized spacial score (nSPS) is 12.7. The number of amides is 1. The van der Waals surface area contributed by atoms with Crippen LogP contribution in [0.2, 0.25) is 0 Å². The van der Waals surface area contributed by atoms with E-state index in [0.717, 1.165) is 0 Å². The van der Waals surface area contributed by atoms with Crippen LogP contribution in [-0.2, 0) is 4.79 Å². The molecule has 1 heterocycles. The van der Waals surface area contributed by atoms with Crippen molar-refractivity contribution in [1.82, 2.24) is 10.6 Å². The number of furan rings is 1. The zero-order chi connectivity index (χ0) is 12.7. The van der Waals surface area contributed by atoms with Crippen molar-refractivity contribution in [2.45, 2.75) is 20.0 Å². The van der Waals surface area contributed by atoms with E-state index in [4.69, 9.17) is 4.42 Å². The Bertz CT molecular complexity index is 323. The van der Waals surface area contributed by atoms with E-state index in [1.165, 1.54) is 6.26 Å². The van der Waals surface area contributed by atoms with Gasteiger partial charge in [-0.1, -0.05) is 13.8 Å². The van der Waals surface area contributed by atoms with Crippen molar-refractivity contribution in [1.29, 1.82) is 0 Å². The Morgan fingerprint density at radius 2 is 2.24 bits per heavy atom. The zero-order valence-corrected chi connectivity index (χ0v) is 10.3. The number of aliphatic hydroxyl groups excluding tert-OH is 1. The van der Waals surface area contributed by atoms with Crippen molar-refractivity contribution < 1.29 is 14.3 Å². The highest BCUT2D eigenvalue weighted by Gasteiger charge is 2.10. The van der Waals surface area contributed by atoms with E-state index < -0.39 is 6.10 Å². The molecule has 3 N–H and O–H groups in total. The topological polar surface area (TPSA) is 74.5 Å². The van der Waals surface area contributed by atoms with E-state index in [9.17, 15) is 9.90 Å². The van der Waals surface area contributed by atoms with Crippen LogP contribution in [0.3, 0.4) is 0 Å². The number of hydrogen-bond acceptors (Lipinski definition) is 4. The smallest absolute Gasteiger partial charge is 0.233 e. The standard InChI is InChI=1S/C12H20N2O3/c1-9(2)6-14-12(16)8-13-7-10(15)11-4-3-5-17-11/h3-5,9-10,13,15H,6-8H2,1-2H3,(H,14,16). The summed E-state index contributed by atoms with van der Waals surface area (Å²) >= 11 is 0. The van der Waals surface area contributed by atoms with Crippen LogP contribution in [0.5, 0.6) is 0 Å². The monoisotopic (exact) mass is 240 g/mol. The van der Waals surface area contributed by atoms with Gasteiger partial charge >= 0.3 is 0 Å². The Labute approximate surface area is 101 Å². The van der Waals surface area contributed by atoms with Gasteiger partial charge in [0.15, 0.2) is 0 Å². The minimum atomic E-state index is -0.720. The molecule has 1 rings (SSSR count). The maximum absolute atomic E-state index is 11.3. The third kappa shape index (κ3) is 5.51. The summed E-state index contributed by atoms with van der Waals surface area (Å²) in [6, 6.07) is 3.42. The van der Waals surface area contributed by atoms with Crippen molar-refractivity contribution in [3.8, 4) is 0 Å². The highest BCUT2D eigenvalue weighted by atomic mass is 16.4. The average Bonchev–Trinajstić information content (AvgIpc) is 2.79. The lowest BCUT2D eigenvalue weighted by atomic mass is 10.2. The van der Waals surface area contributed by atoms with E-state index in [1.807, 2.05) is 13.8 Å². The Morgan fingerprint density at radius 3 is 2.82 bits per heavy atom. The van der Waals surface area contributed by atoms with Gasteiger partial charge in [-0.25, -0.2) is 0 Å². The van der Waals surface area contributed by atoms with Gasteiger partial charge in [-0.3, -0.25) is 4.79 Å². The lowest BCUT2D eigenvalue weighted by Crippen LogP contribution is -2.37. The van der Waals surface area contributed by atoms with Gasteiger partial charge in [0, 0.05) is 13.1 Å². The molecule has 0 aromatic carbocycles. The maximum atomic E-state index is 11.3. The molecule has 1 aromatic heterocycles. The SMILES string of the molecule is CC(C)CNC(=O)CNCC(O)c1ccco1. The van der Waals surface area contributed by atoms with Crippen LogP contribution in [0.25, 0.3) is 0 Å². The molecule has 0 bridgehead atoms. The summed E-state index contributed by atoms with van der Waals surface area (Å²) in [4.78, 5) is 11.3. The lowest BCUT2D eigenvalue weighted by Gasteiger charge is -2.10. The third-order valence-electron chi connectivity index (χ3n) is 2.20. The predicted molar refractivity (Wildman–Crippen MR) is 64.4 cm³/mol. The summed E-state index contributed by atoms with van der Waals surface area (Å²) in [7, 11) is 0. The molecule has 5 nitrogen and oxygen atoms in total. The largest absolute Gasteiger partial charge is 0.467 e. The molecular weight excluding hydrogens is 220 g/mol. The molecule has 17 heavy (non-hydrogen) atoms. The first kappa shape index (κ1) is 13.7. The second-order valence-electron chi connectivity index (χ2n) is 4.36. The molecule has 5 heteroatoms. The molecule has 0 aliphatic rings. The number of rotatable bonds is 7. The summed E-state index contributed by atoms with van der Waals surface area (Å²) in [5.41, 5.74) is 0. The molecule has 0 aliphatic heterocycles. The molecule has 0 spiro atoms. The van der Waals surface area contributed by atoms with Crippen molar-refractivity contribution >= 4 is 5.91 Å². The van der Waals surface area contributed by atoms with Gasteiger partial charge in [-0.15, -0.1) is 0 Å². The molecule has 0 saturated carbocycles. The van der Waals surface area contributed by atoms with Crippen LogP contribution < -0.4 is 10.6 Å². The van der Waals surface area contributed by atoms with E-state index in [1.54, 1.807) is 12.1 Å². The quantitative estimate of drug-likeness (QED) is 0.655. The second kappa shape index (κ2) is 7.09. The number of carbonyl (C=O) groups excluding carboxylic acids is 1.